The Balaban J connectivity index is 1.10. The molecule has 3 heterocycles. The third kappa shape index (κ3) is 4.98. The summed E-state index contributed by atoms with van der Waals surface area (Å²) in [6.07, 6.45) is 0.315. The fraction of sp³-hybridized carbons (Fsp3) is 0.304. The summed E-state index contributed by atoms with van der Waals surface area (Å²) in [6.45, 7) is 4.26. The molecule has 1 saturated heterocycles. The summed E-state index contributed by atoms with van der Waals surface area (Å²) in [4.78, 5) is 21.6. The zero-order valence-electron chi connectivity index (χ0n) is 17.4. The average Bonchev–Trinajstić information content (AvgIpc) is 3.43. The van der Waals surface area contributed by atoms with Crippen molar-refractivity contribution in [1.29, 1.82) is 0 Å². The number of carbonyl (C=O) groups excluding carboxylic acids is 1. The minimum Gasteiger partial charge on any atom is -0.454 e. The minimum atomic E-state index is 0.118. The van der Waals surface area contributed by atoms with Gasteiger partial charge < -0.3 is 19.7 Å². The first-order chi connectivity index (χ1) is 15.6. The van der Waals surface area contributed by atoms with Crippen molar-refractivity contribution < 1.29 is 14.3 Å². The number of benzene rings is 2. The highest BCUT2D eigenvalue weighted by Gasteiger charge is 2.23. The molecule has 0 spiro atoms. The molecule has 7 nitrogen and oxygen atoms in total. The van der Waals surface area contributed by atoms with E-state index < -0.39 is 0 Å². The first-order valence-corrected chi connectivity index (χ1v) is 11.7. The largest absolute Gasteiger partial charge is 0.454 e. The summed E-state index contributed by atoms with van der Waals surface area (Å²) >= 11 is 7.51. The molecule has 2 aliphatic heterocycles. The first-order valence-electron chi connectivity index (χ1n) is 10.5. The van der Waals surface area contributed by atoms with E-state index in [1.807, 2.05) is 46.7 Å². The van der Waals surface area contributed by atoms with Gasteiger partial charge in [0.05, 0.1) is 12.1 Å². The number of hydrogen-bond donors (Lipinski definition) is 1. The number of nitrogens with one attached hydrogen (secondary N) is 1. The summed E-state index contributed by atoms with van der Waals surface area (Å²) in [5, 5.41) is 6.59. The predicted molar refractivity (Wildman–Crippen MR) is 125 cm³/mol. The maximum atomic E-state index is 12.8. The normalized spacial score (nSPS) is 15.7. The van der Waals surface area contributed by atoms with E-state index in [1.165, 1.54) is 16.9 Å². The lowest BCUT2D eigenvalue weighted by Crippen LogP contribution is -2.48. The highest BCUT2D eigenvalue weighted by Crippen LogP contribution is 2.33. The van der Waals surface area contributed by atoms with Crippen LogP contribution in [-0.2, 0) is 17.8 Å². The molecule has 0 unspecified atom stereocenters. The van der Waals surface area contributed by atoms with Crippen LogP contribution < -0.4 is 14.8 Å². The Kier molecular flexibility index (Phi) is 6.16. The van der Waals surface area contributed by atoms with Crippen molar-refractivity contribution in [2.45, 2.75) is 13.0 Å². The van der Waals surface area contributed by atoms with Crippen LogP contribution in [0.4, 0.5) is 10.8 Å². The molecule has 0 saturated carbocycles. The second-order valence-electron chi connectivity index (χ2n) is 7.80. The standard InChI is InChI=1S/C23H23ClN4O3S/c24-17-2-1-3-18(11-17)25-23-26-19(14-32-23)12-22(29)28-8-6-27(7-9-28)13-16-4-5-20-21(10-16)31-15-30-20/h1-5,10-11,14H,6-9,12-13,15H2,(H,25,26). The van der Waals surface area contributed by atoms with Crippen molar-refractivity contribution in [1.82, 2.24) is 14.8 Å². The Hall–Kier alpha value is -2.81. The van der Waals surface area contributed by atoms with E-state index in [2.05, 4.69) is 21.3 Å². The van der Waals surface area contributed by atoms with Gasteiger partial charge >= 0.3 is 0 Å². The van der Waals surface area contributed by atoms with Gasteiger partial charge in [-0.25, -0.2) is 4.98 Å². The number of anilines is 2. The van der Waals surface area contributed by atoms with Gasteiger partial charge in [-0.1, -0.05) is 23.7 Å². The summed E-state index contributed by atoms with van der Waals surface area (Å²) in [5.74, 6) is 1.73. The Morgan fingerprint density at radius 1 is 1.09 bits per heavy atom. The van der Waals surface area contributed by atoms with Crippen LogP contribution >= 0.6 is 22.9 Å². The lowest BCUT2D eigenvalue weighted by Gasteiger charge is -2.34. The number of hydrogen-bond acceptors (Lipinski definition) is 7. The maximum absolute atomic E-state index is 12.8. The smallest absolute Gasteiger partial charge is 0.231 e. The molecule has 5 rings (SSSR count). The fourth-order valence-corrected chi connectivity index (χ4v) is 4.78. The molecule has 0 radical (unpaired) electrons. The van der Waals surface area contributed by atoms with Crippen molar-refractivity contribution in [3.63, 3.8) is 0 Å². The lowest BCUT2D eigenvalue weighted by atomic mass is 10.1. The van der Waals surface area contributed by atoms with E-state index >= 15 is 0 Å². The molecule has 1 fully saturated rings. The highest BCUT2D eigenvalue weighted by molar-refractivity contribution is 7.13. The van der Waals surface area contributed by atoms with Gasteiger partial charge in [0.2, 0.25) is 12.7 Å². The molecule has 2 aliphatic rings. The quantitative estimate of drug-likeness (QED) is 0.583. The molecule has 166 valence electrons. The van der Waals surface area contributed by atoms with Crippen LogP contribution in [0.5, 0.6) is 11.5 Å². The zero-order valence-corrected chi connectivity index (χ0v) is 19.0. The number of rotatable bonds is 6. The number of halogens is 1. The van der Waals surface area contributed by atoms with Crippen LogP contribution in [0.2, 0.25) is 5.02 Å². The monoisotopic (exact) mass is 470 g/mol. The van der Waals surface area contributed by atoms with Gasteiger partial charge in [-0.3, -0.25) is 9.69 Å². The van der Waals surface area contributed by atoms with Crippen LogP contribution in [0.15, 0.2) is 47.8 Å². The summed E-state index contributed by atoms with van der Waals surface area (Å²) in [7, 11) is 0. The molecule has 0 atom stereocenters. The van der Waals surface area contributed by atoms with Crippen LogP contribution in [-0.4, -0.2) is 53.7 Å². The number of fused-ring (bicyclic) bond motifs is 1. The van der Waals surface area contributed by atoms with Crippen LogP contribution in [0.1, 0.15) is 11.3 Å². The van der Waals surface area contributed by atoms with Crippen molar-refractivity contribution in [3.05, 3.63) is 64.1 Å². The van der Waals surface area contributed by atoms with E-state index in [0.717, 1.165) is 60.7 Å². The number of ether oxygens (including phenoxy) is 2. The Morgan fingerprint density at radius 2 is 1.94 bits per heavy atom. The number of aromatic nitrogens is 1. The van der Waals surface area contributed by atoms with E-state index in [0.29, 0.717) is 11.4 Å². The number of nitrogens with zero attached hydrogens (tertiary/aromatic N) is 3. The van der Waals surface area contributed by atoms with Crippen LogP contribution in [0.3, 0.4) is 0 Å². The Bertz CT molecular complexity index is 1110. The molecule has 32 heavy (non-hydrogen) atoms. The molecule has 1 aromatic heterocycles. The lowest BCUT2D eigenvalue weighted by molar-refractivity contribution is -0.132. The molecule has 1 N–H and O–H groups in total. The number of thiazole rings is 1. The van der Waals surface area contributed by atoms with Crippen LogP contribution in [0, 0.1) is 0 Å². The number of carbonyl (C=O) groups is 1. The van der Waals surface area contributed by atoms with E-state index in [9.17, 15) is 4.79 Å². The number of amides is 1. The molecule has 3 aromatic rings. The van der Waals surface area contributed by atoms with Gasteiger partial charge in [0.1, 0.15) is 0 Å². The van der Waals surface area contributed by atoms with Gasteiger partial charge in [0.25, 0.3) is 0 Å². The Labute approximate surface area is 195 Å². The minimum absolute atomic E-state index is 0.118. The van der Waals surface area contributed by atoms with Crippen LogP contribution in [0.25, 0.3) is 0 Å². The average molecular weight is 471 g/mol. The highest BCUT2D eigenvalue weighted by atomic mass is 35.5. The van der Waals surface area contributed by atoms with Crippen molar-refractivity contribution in [3.8, 4) is 11.5 Å². The molecular weight excluding hydrogens is 448 g/mol. The second kappa shape index (κ2) is 9.36. The molecular formula is C23H23ClN4O3S. The summed E-state index contributed by atoms with van der Waals surface area (Å²) < 4.78 is 10.8. The van der Waals surface area contributed by atoms with Crippen molar-refractivity contribution >= 4 is 39.7 Å². The topological polar surface area (TPSA) is 66.9 Å². The maximum Gasteiger partial charge on any atom is 0.231 e. The summed E-state index contributed by atoms with van der Waals surface area (Å²) in [6, 6.07) is 13.6. The Morgan fingerprint density at radius 3 is 2.78 bits per heavy atom. The van der Waals surface area contributed by atoms with Gasteiger partial charge in [0.15, 0.2) is 16.6 Å². The summed E-state index contributed by atoms with van der Waals surface area (Å²) in [5.41, 5.74) is 2.85. The van der Waals surface area contributed by atoms with E-state index in [-0.39, 0.29) is 12.7 Å². The number of piperazine rings is 1. The van der Waals surface area contributed by atoms with Gasteiger partial charge in [-0.15, -0.1) is 11.3 Å². The molecule has 1 amide bonds. The molecule has 2 aromatic carbocycles. The third-order valence-corrected chi connectivity index (χ3v) is 6.57. The second-order valence-corrected chi connectivity index (χ2v) is 9.10. The predicted octanol–water partition coefficient (Wildman–Crippen LogP) is 4.16. The molecule has 0 bridgehead atoms. The first kappa shape index (κ1) is 21.1. The van der Waals surface area contributed by atoms with E-state index in [4.69, 9.17) is 21.1 Å². The van der Waals surface area contributed by atoms with E-state index in [1.54, 1.807) is 0 Å². The van der Waals surface area contributed by atoms with Crippen molar-refractivity contribution in [2.24, 2.45) is 0 Å². The fourth-order valence-electron chi connectivity index (χ4n) is 3.85. The van der Waals surface area contributed by atoms with Gasteiger partial charge in [-0.05, 0) is 35.9 Å². The zero-order chi connectivity index (χ0) is 21.9. The molecule has 9 heteroatoms. The SMILES string of the molecule is O=C(Cc1csc(Nc2cccc(Cl)c2)n1)N1CCN(Cc2ccc3c(c2)OCO3)CC1. The van der Waals surface area contributed by atoms with Gasteiger partial charge in [0, 0.05) is 48.8 Å². The third-order valence-electron chi connectivity index (χ3n) is 5.53. The van der Waals surface area contributed by atoms with Crippen molar-refractivity contribution in [2.75, 3.05) is 38.3 Å². The molecule has 0 aliphatic carbocycles. The van der Waals surface area contributed by atoms with Gasteiger partial charge in [-0.2, -0.15) is 0 Å².